The molecule has 1 saturated heterocycles. The van der Waals surface area contributed by atoms with Crippen molar-refractivity contribution in [3.05, 3.63) is 0 Å². The molecule has 104 valence electrons. The van der Waals surface area contributed by atoms with Crippen LogP contribution in [0.4, 0.5) is 0 Å². The highest BCUT2D eigenvalue weighted by atomic mass is 16.5. The van der Waals surface area contributed by atoms with Gasteiger partial charge in [0.05, 0.1) is 5.60 Å². The minimum Gasteiger partial charge on any atom is -0.375 e. The zero-order chi connectivity index (χ0) is 12.8. The number of hydrogen-bond donors (Lipinski definition) is 1. The van der Waals surface area contributed by atoms with Crippen molar-refractivity contribution in [2.45, 2.75) is 76.9 Å². The Morgan fingerprint density at radius 3 is 2.50 bits per heavy atom. The molecule has 0 radical (unpaired) electrons. The second-order valence-electron chi connectivity index (χ2n) is 7.87. The molecule has 2 aliphatic carbocycles. The van der Waals surface area contributed by atoms with Gasteiger partial charge in [0, 0.05) is 12.6 Å². The summed E-state index contributed by atoms with van der Waals surface area (Å²) in [6.07, 6.45) is 10.4. The first-order chi connectivity index (χ1) is 8.50. The average molecular weight is 251 g/mol. The molecule has 2 nitrogen and oxygen atoms in total. The minimum atomic E-state index is 0.282. The predicted molar refractivity (Wildman–Crippen MR) is 74.4 cm³/mol. The summed E-state index contributed by atoms with van der Waals surface area (Å²) in [5.74, 6) is 1.57. The molecule has 3 unspecified atom stereocenters. The van der Waals surface area contributed by atoms with E-state index in [1.165, 1.54) is 51.4 Å². The molecular weight excluding hydrogens is 222 g/mol. The Labute approximate surface area is 112 Å². The van der Waals surface area contributed by atoms with Crippen LogP contribution in [0.2, 0.25) is 0 Å². The molecule has 2 heteroatoms. The number of hydrogen-bond acceptors (Lipinski definition) is 2. The van der Waals surface area contributed by atoms with Gasteiger partial charge in [0.15, 0.2) is 0 Å². The van der Waals surface area contributed by atoms with Crippen LogP contribution >= 0.6 is 0 Å². The molecule has 3 rings (SSSR count). The highest BCUT2D eigenvalue weighted by Gasteiger charge is 2.46. The van der Waals surface area contributed by atoms with E-state index in [-0.39, 0.29) is 5.60 Å². The lowest BCUT2D eigenvalue weighted by atomic mass is 9.61. The van der Waals surface area contributed by atoms with E-state index in [2.05, 4.69) is 13.8 Å². The maximum Gasteiger partial charge on any atom is 0.0685 e. The average Bonchev–Trinajstić information content (AvgIpc) is 2.31. The highest BCUT2D eigenvalue weighted by Crippen LogP contribution is 2.50. The summed E-state index contributed by atoms with van der Waals surface area (Å²) in [7, 11) is 0. The summed E-state index contributed by atoms with van der Waals surface area (Å²) >= 11 is 0. The third kappa shape index (κ3) is 2.34. The Bertz CT molecular complexity index is 308. The van der Waals surface area contributed by atoms with Gasteiger partial charge < -0.3 is 10.5 Å². The molecule has 3 aliphatic rings. The molecule has 0 bridgehead atoms. The lowest BCUT2D eigenvalue weighted by Crippen LogP contribution is -2.51. The van der Waals surface area contributed by atoms with Crippen molar-refractivity contribution in [2.24, 2.45) is 23.0 Å². The van der Waals surface area contributed by atoms with E-state index in [1.54, 1.807) is 0 Å². The van der Waals surface area contributed by atoms with Crippen molar-refractivity contribution in [3.63, 3.8) is 0 Å². The quantitative estimate of drug-likeness (QED) is 0.774. The molecular formula is C16H29NO. The second kappa shape index (κ2) is 4.49. The Morgan fingerprint density at radius 2 is 1.83 bits per heavy atom. The summed E-state index contributed by atoms with van der Waals surface area (Å²) in [4.78, 5) is 0. The summed E-state index contributed by atoms with van der Waals surface area (Å²) in [6.45, 7) is 5.82. The molecule has 0 aromatic carbocycles. The normalized spacial score (nSPS) is 42.5. The topological polar surface area (TPSA) is 35.2 Å². The molecule has 0 aromatic rings. The highest BCUT2D eigenvalue weighted by molar-refractivity contribution is 4.98. The first-order valence-corrected chi connectivity index (χ1v) is 7.89. The maximum absolute atomic E-state index is 6.44. The first kappa shape index (κ1) is 12.9. The lowest BCUT2D eigenvalue weighted by molar-refractivity contribution is -0.154. The lowest BCUT2D eigenvalue weighted by Gasteiger charge is -2.51. The van der Waals surface area contributed by atoms with Crippen LogP contribution in [0.1, 0.15) is 65.2 Å². The Kier molecular flexibility index (Phi) is 3.22. The number of nitrogens with two attached hydrogens (primary N) is 1. The van der Waals surface area contributed by atoms with Crippen LogP contribution in [0, 0.1) is 17.3 Å². The van der Waals surface area contributed by atoms with E-state index in [9.17, 15) is 0 Å². The predicted octanol–water partition coefficient (Wildman–Crippen LogP) is 3.49. The Morgan fingerprint density at radius 1 is 1.06 bits per heavy atom. The van der Waals surface area contributed by atoms with Gasteiger partial charge in [0.1, 0.15) is 0 Å². The van der Waals surface area contributed by atoms with Crippen LogP contribution in [0.5, 0.6) is 0 Å². The van der Waals surface area contributed by atoms with Gasteiger partial charge in [0.25, 0.3) is 0 Å². The fourth-order valence-electron chi connectivity index (χ4n) is 4.53. The molecule has 1 heterocycles. The number of ether oxygens (including phenoxy) is 1. The van der Waals surface area contributed by atoms with Gasteiger partial charge in [-0.05, 0) is 68.6 Å². The third-order valence-corrected chi connectivity index (χ3v) is 5.89. The second-order valence-corrected chi connectivity index (χ2v) is 7.87. The summed E-state index contributed by atoms with van der Waals surface area (Å²) in [6, 6.07) is 0.443. The van der Waals surface area contributed by atoms with E-state index < -0.39 is 0 Å². The van der Waals surface area contributed by atoms with E-state index in [0.29, 0.717) is 11.5 Å². The molecule has 18 heavy (non-hydrogen) atoms. The minimum absolute atomic E-state index is 0.282. The first-order valence-electron chi connectivity index (χ1n) is 7.89. The van der Waals surface area contributed by atoms with E-state index >= 15 is 0 Å². The SMILES string of the molecule is CC1(C)CCC(N)C(C2CCOC3(CCC3)C2)C1. The Hall–Kier alpha value is -0.0800. The maximum atomic E-state index is 6.44. The fourth-order valence-corrected chi connectivity index (χ4v) is 4.53. The van der Waals surface area contributed by atoms with Crippen LogP contribution in [0.3, 0.4) is 0 Å². The van der Waals surface area contributed by atoms with Gasteiger partial charge in [-0.2, -0.15) is 0 Å². The summed E-state index contributed by atoms with van der Waals surface area (Å²) in [5, 5.41) is 0. The monoisotopic (exact) mass is 251 g/mol. The van der Waals surface area contributed by atoms with Crippen LogP contribution in [0.25, 0.3) is 0 Å². The van der Waals surface area contributed by atoms with E-state index in [4.69, 9.17) is 10.5 Å². The molecule has 1 spiro atoms. The van der Waals surface area contributed by atoms with Crippen molar-refractivity contribution in [3.8, 4) is 0 Å². The standard InChI is InChI=1S/C16H29NO/c1-15(2)8-4-14(17)13(11-15)12-5-9-18-16(10-12)6-3-7-16/h12-14H,3-11,17H2,1-2H3. The zero-order valence-corrected chi connectivity index (χ0v) is 12.1. The van der Waals surface area contributed by atoms with Crippen LogP contribution in [0.15, 0.2) is 0 Å². The van der Waals surface area contributed by atoms with Gasteiger partial charge in [-0.1, -0.05) is 13.8 Å². The molecule has 2 N–H and O–H groups in total. The van der Waals surface area contributed by atoms with E-state index in [0.717, 1.165) is 18.4 Å². The molecule has 3 fully saturated rings. The van der Waals surface area contributed by atoms with Crippen molar-refractivity contribution in [2.75, 3.05) is 6.61 Å². The van der Waals surface area contributed by atoms with Crippen molar-refractivity contribution in [1.82, 2.24) is 0 Å². The van der Waals surface area contributed by atoms with Gasteiger partial charge >= 0.3 is 0 Å². The van der Waals surface area contributed by atoms with Crippen LogP contribution in [-0.2, 0) is 4.74 Å². The van der Waals surface area contributed by atoms with Crippen molar-refractivity contribution in [1.29, 1.82) is 0 Å². The number of rotatable bonds is 1. The molecule has 3 atom stereocenters. The fraction of sp³-hybridized carbons (Fsp3) is 1.00. The molecule has 0 aromatic heterocycles. The third-order valence-electron chi connectivity index (χ3n) is 5.89. The van der Waals surface area contributed by atoms with Crippen LogP contribution < -0.4 is 5.73 Å². The Balaban J connectivity index is 1.68. The van der Waals surface area contributed by atoms with Crippen LogP contribution in [-0.4, -0.2) is 18.2 Å². The van der Waals surface area contributed by atoms with Crippen molar-refractivity contribution >= 4 is 0 Å². The summed E-state index contributed by atoms with van der Waals surface area (Å²) < 4.78 is 6.07. The van der Waals surface area contributed by atoms with Gasteiger partial charge in [0.2, 0.25) is 0 Å². The summed E-state index contributed by atoms with van der Waals surface area (Å²) in [5.41, 5.74) is 7.23. The van der Waals surface area contributed by atoms with Gasteiger partial charge in [-0.15, -0.1) is 0 Å². The molecule has 0 amide bonds. The van der Waals surface area contributed by atoms with E-state index in [1.807, 2.05) is 0 Å². The molecule has 1 aliphatic heterocycles. The molecule has 2 saturated carbocycles. The zero-order valence-electron chi connectivity index (χ0n) is 12.1. The largest absolute Gasteiger partial charge is 0.375 e. The smallest absolute Gasteiger partial charge is 0.0685 e. The van der Waals surface area contributed by atoms with Crippen molar-refractivity contribution < 1.29 is 4.74 Å². The van der Waals surface area contributed by atoms with Gasteiger partial charge in [-0.25, -0.2) is 0 Å². The van der Waals surface area contributed by atoms with Gasteiger partial charge in [-0.3, -0.25) is 0 Å².